The van der Waals surface area contributed by atoms with Crippen LogP contribution in [0.15, 0.2) is 39.3 Å². The zero-order valence-electron chi connectivity index (χ0n) is 12.8. The minimum Gasteiger partial charge on any atom is -0.461 e. The van der Waals surface area contributed by atoms with Crippen LogP contribution in [0.2, 0.25) is 0 Å². The molecule has 2 heterocycles. The number of nitrogens with two attached hydrogens (primary N) is 1. The van der Waals surface area contributed by atoms with Crippen LogP contribution in [0.25, 0.3) is 11.0 Å². The second kappa shape index (κ2) is 6.34. The van der Waals surface area contributed by atoms with Crippen LogP contribution < -0.4 is 5.73 Å². The third-order valence-corrected chi connectivity index (χ3v) is 4.47. The van der Waals surface area contributed by atoms with E-state index >= 15 is 0 Å². The van der Waals surface area contributed by atoms with E-state index in [-0.39, 0.29) is 17.9 Å². The van der Waals surface area contributed by atoms with Crippen molar-refractivity contribution in [2.24, 2.45) is 5.73 Å². The molecular weight excluding hydrogens is 314 g/mol. The standard InChI is InChI=1S/C17H19N3O2.ClH/c18-17(9-3-4-10-17)16-19-15(22-20-16)8-7-13-11-12-5-1-2-6-14(12)21-13;/h1-2,5-6,11H,3-4,7-10,18H2;1H. The molecule has 6 heteroatoms. The SMILES string of the molecule is Cl.NC1(c2noc(CCc3cc4ccccc4o3)n2)CCCC1. The smallest absolute Gasteiger partial charge is 0.227 e. The number of rotatable bonds is 4. The lowest BCUT2D eigenvalue weighted by Gasteiger charge is -2.17. The number of para-hydroxylation sites is 1. The van der Waals surface area contributed by atoms with Crippen molar-refractivity contribution in [1.29, 1.82) is 0 Å². The van der Waals surface area contributed by atoms with Crippen molar-refractivity contribution in [3.05, 3.63) is 47.8 Å². The molecule has 0 radical (unpaired) electrons. The number of benzene rings is 1. The van der Waals surface area contributed by atoms with Crippen molar-refractivity contribution in [2.45, 2.75) is 44.1 Å². The Bertz CT molecular complexity index is 757. The number of hydrogen-bond acceptors (Lipinski definition) is 5. The van der Waals surface area contributed by atoms with E-state index < -0.39 is 0 Å². The Morgan fingerprint density at radius 1 is 1.13 bits per heavy atom. The second-order valence-electron chi connectivity index (χ2n) is 6.13. The van der Waals surface area contributed by atoms with Crippen LogP contribution in [-0.4, -0.2) is 10.1 Å². The maximum Gasteiger partial charge on any atom is 0.227 e. The van der Waals surface area contributed by atoms with Gasteiger partial charge in [0, 0.05) is 18.2 Å². The van der Waals surface area contributed by atoms with Gasteiger partial charge < -0.3 is 14.7 Å². The van der Waals surface area contributed by atoms with E-state index in [0.29, 0.717) is 18.1 Å². The van der Waals surface area contributed by atoms with Gasteiger partial charge in [0.05, 0.1) is 5.54 Å². The fourth-order valence-electron chi connectivity index (χ4n) is 3.18. The molecule has 1 fully saturated rings. The fourth-order valence-corrected chi connectivity index (χ4v) is 3.18. The number of aryl methyl sites for hydroxylation is 2. The van der Waals surface area contributed by atoms with Crippen LogP contribution in [0, 0.1) is 0 Å². The van der Waals surface area contributed by atoms with Crippen LogP contribution in [0.4, 0.5) is 0 Å². The Balaban J connectivity index is 0.00000156. The van der Waals surface area contributed by atoms with E-state index in [1.54, 1.807) is 0 Å². The fraction of sp³-hybridized carbons (Fsp3) is 0.412. The highest BCUT2D eigenvalue weighted by molar-refractivity contribution is 5.85. The van der Waals surface area contributed by atoms with Crippen LogP contribution in [0.3, 0.4) is 0 Å². The lowest BCUT2D eigenvalue weighted by molar-refractivity contribution is 0.347. The Morgan fingerprint density at radius 2 is 1.91 bits per heavy atom. The van der Waals surface area contributed by atoms with Gasteiger partial charge in [0.25, 0.3) is 0 Å². The topological polar surface area (TPSA) is 78.1 Å². The van der Waals surface area contributed by atoms with Gasteiger partial charge in [-0.1, -0.05) is 36.2 Å². The second-order valence-corrected chi connectivity index (χ2v) is 6.13. The first-order valence-corrected chi connectivity index (χ1v) is 7.82. The zero-order chi connectivity index (χ0) is 15.0. The van der Waals surface area contributed by atoms with Gasteiger partial charge in [-0.3, -0.25) is 0 Å². The molecule has 122 valence electrons. The first-order chi connectivity index (χ1) is 10.7. The predicted octanol–water partition coefficient (Wildman–Crippen LogP) is 3.75. The van der Waals surface area contributed by atoms with E-state index in [4.69, 9.17) is 14.7 Å². The Hall–Kier alpha value is -1.85. The maximum absolute atomic E-state index is 6.35. The minimum absolute atomic E-state index is 0. The first kappa shape index (κ1) is 16.0. The van der Waals surface area contributed by atoms with E-state index in [2.05, 4.69) is 16.2 Å². The average Bonchev–Trinajstić information content (AvgIpc) is 3.24. The zero-order valence-corrected chi connectivity index (χ0v) is 13.6. The van der Waals surface area contributed by atoms with Crippen LogP contribution in [0.1, 0.15) is 43.2 Å². The van der Waals surface area contributed by atoms with Gasteiger partial charge in [-0.2, -0.15) is 4.98 Å². The van der Waals surface area contributed by atoms with Crippen molar-refractivity contribution < 1.29 is 8.94 Å². The summed E-state index contributed by atoms with van der Waals surface area (Å²) in [5.74, 6) is 2.22. The van der Waals surface area contributed by atoms with Crippen molar-refractivity contribution >= 4 is 23.4 Å². The summed E-state index contributed by atoms with van der Waals surface area (Å²) in [5.41, 5.74) is 6.87. The van der Waals surface area contributed by atoms with E-state index in [1.807, 2.05) is 24.3 Å². The minimum atomic E-state index is -0.388. The van der Waals surface area contributed by atoms with Crippen LogP contribution >= 0.6 is 12.4 Å². The van der Waals surface area contributed by atoms with Crippen LogP contribution in [-0.2, 0) is 18.4 Å². The Labute approximate surface area is 140 Å². The lowest BCUT2D eigenvalue weighted by atomic mass is 9.99. The summed E-state index contributed by atoms with van der Waals surface area (Å²) < 4.78 is 11.2. The van der Waals surface area contributed by atoms with Gasteiger partial charge in [-0.05, 0) is 25.0 Å². The normalized spacial score (nSPS) is 16.6. The Morgan fingerprint density at radius 3 is 2.70 bits per heavy atom. The quantitative estimate of drug-likeness (QED) is 0.786. The highest BCUT2D eigenvalue weighted by atomic mass is 35.5. The number of aromatic nitrogens is 2. The molecule has 4 rings (SSSR count). The molecule has 0 atom stereocenters. The van der Waals surface area contributed by atoms with Gasteiger partial charge in [-0.15, -0.1) is 12.4 Å². The molecule has 1 aliphatic carbocycles. The van der Waals surface area contributed by atoms with Gasteiger partial charge in [-0.25, -0.2) is 0 Å². The van der Waals surface area contributed by atoms with Crippen molar-refractivity contribution in [1.82, 2.24) is 10.1 Å². The molecule has 1 aliphatic rings. The summed E-state index contributed by atoms with van der Waals surface area (Å²) in [6, 6.07) is 10.1. The summed E-state index contributed by atoms with van der Waals surface area (Å²) in [6.45, 7) is 0. The summed E-state index contributed by atoms with van der Waals surface area (Å²) in [7, 11) is 0. The van der Waals surface area contributed by atoms with E-state index in [1.165, 1.54) is 0 Å². The van der Waals surface area contributed by atoms with Gasteiger partial charge in [0.1, 0.15) is 11.3 Å². The van der Waals surface area contributed by atoms with Crippen molar-refractivity contribution in [3.8, 4) is 0 Å². The first-order valence-electron chi connectivity index (χ1n) is 7.82. The molecule has 1 aromatic carbocycles. The summed E-state index contributed by atoms with van der Waals surface area (Å²) in [5, 5.41) is 5.20. The van der Waals surface area contributed by atoms with Crippen molar-refractivity contribution in [2.75, 3.05) is 0 Å². The number of furan rings is 1. The molecule has 1 saturated carbocycles. The third kappa shape index (κ3) is 3.12. The summed E-state index contributed by atoms with van der Waals surface area (Å²) in [4.78, 5) is 4.49. The molecule has 0 spiro atoms. The molecule has 0 unspecified atom stereocenters. The van der Waals surface area contributed by atoms with Gasteiger partial charge >= 0.3 is 0 Å². The number of nitrogens with zero attached hydrogens (tertiary/aromatic N) is 2. The molecule has 5 nitrogen and oxygen atoms in total. The highest BCUT2D eigenvalue weighted by Crippen LogP contribution is 2.34. The molecule has 0 aliphatic heterocycles. The van der Waals surface area contributed by atoms with E-state index in [0.717, 1.165) is 48.8 Å². The predicted molar refractivity (Wildman–Crippen MR) is 89.5 cm³/mol. The molecular formula is C17H20ClN3O2. The average molecular weight is 334 g/mol. The summed E-state index contributed by atoms with van der Waals surface area (Å²) >= 11 is 0. The number of fused-ring (bicyclic) bond motifs is 1. The monoisotopic (exact) mass is 333 g/mol. The molecule has 0 bridgehead atoms. The highest BCUT2D eigenvalue weighted by Gasteiger charge is 2.35. The summed E-state index contributed by atoms with van der Waals surface area (Å²) in [6.07, 6.45) is 5.57. The Kier molecular flexibility index (Phi) is 4.41. The third-order valence-electron chi connectivity index (χ3n) is 4.47. The number of hydrogen-bond donors (Lipinski definition) is 1. The molecule has 2 N–H and O–H groups in total. The molecule has 23 heavy (non-hydrogen) atoms. The van der Waals surface area contributed by atoms with Gasteiger partial charge in [0.15, 0.2) is 5.82 Å². The largest absolute Gasteiger partial charge is 0.461 e. The lowest BCUT2D eigenvalue weighted by Crippen LogP contribution is -2.34. The van der Waals surface area contributed by atoms with Gasteiger partial charge in [0.2, 0.25) is 5.89 Å². The molecule has 2 aromatic heterocycles. The maximum atomic E-state index is 6.35. The molecule has 0 saturated heterocycles. The van der Waals surface area contributed by atoms with E-state index in [9.17, 15) is 0 Å². The molecule has 3 aromatic rings. The number of halogens is 1. The van der Waals surface area contributed by atoms with Crippen LogP contribution in [0.5, 0.6) is 0 Å². The van der Waals surface area contributed by atoms with Crippen molar-refractivity contribution in [3.63, 3.8) is 0 Å². The molecule has 0 amide bonds.